The van der Waals surface area contributed by atoms with Crippen LogP contribution in [0.1, 0.15) is 17.5 Å². The van der Waals surface area contributed by atoms with Crippen LogP contribution < -0.4 is 19.5 Å². The van der Waals surface area contributed by atoms with E-state index >= 15 is 0 Å². The molecule has 3 aromatic carbocycles. The number of fused-ring (bicyclic) bond motifs is 1. The molecule has 1 amide bonds. The molecular formula is C23H20FNO4. The van der Waals surface area contributed by atoms with Crippen molar-refractivity contribution in [1.82, 2.24) is 5.32 Å². The lowest BCUT2D eigenvalue weighted by atomic mass is 10.1. The first-order valence-corrected chi connectivity index (χ1v) is 9.33. The molecule has 148 valence electrons. The molecule has 4 rings (SSSR count). The summed E-state index contributed by atoms with van der Waals surface area (Å²) in [6, 6.07) is 19.0. The van der Waals surface area contributed by atoms with Crippen LogP contribution in [-0.2, 0) is 17.8 Å². The summed E-state index contributed by atoms with van der Waals surface area (Å²) in [6.07, 6.45) is 1.03. The summed E-state index contributed by atoms with van der Waals surface area (Å²) in [5, 5.41) is 2.92. The molecule has 1 heterocycles. The Morgan fingerprint density at radius 2 is 1.55 bits per heavy atom. The van der Waals surface area contributed by atoms with Crippen LogP contribution in [0, 0.1) is 5.82 Å². The second-order valence-corrected chi connectivity index (χ2v) is 6.66. The number of amides is 1. The van der Waals surface area contributed by atoms with E-state index in [2.05, 4.69) is 5.32 Å². The van der Waals surface area contributed by atoms with Gasteiger partial charge in [-0.05, 0) is 66.1 Å². The minimum absolute atomic E-state index is 0.0192. The van der Waals surface area contributed by atoms with Crippen molar-refractivity contribution in [2.24, 2.45) is 0 Å². The molecule has 3 aromatic rings. The maximum atomic E-state index is 12.9. The summed E-state index contributed by atoms with van der Waals surface area (Å²) in [5.74, 6) is 2.36. The number of rotatable bonds is 7. The van der Waals surface area contributed by atoms with E-state index in [-0.39, 0.29) is 18.5 Å². The van der Waals surface area contributed by atoms with Crippen LogP contribution in [0.4, 0.5) is 4.39 Å². The molecule has 0 atom stereocenters. The van der Waals surface area contributed by atoms with Crippen LogP contribution >= 0.6 is 0 Å². The molecule has 0 fully saturated rings. The fourth-order valence-electron chi connectivity index (χ4n) is 2.96. The SMILES string of the molecule is O=C(CCc1ccc2c(c1)OCO2)NCc1ccc(Oc2ccc(F)cc2)cc1. The molecule has 0 bridgehead atoms. The molecule has 0 radical (unpaired) electrons. The van der Waals surface area contributed by atoms with Gasteiger partial charge in [0.05, 0.1) is 0 Å². The minimum Gasteiger partial charge on any atom is -0.457 e. The van der Waals surface area contributed by atoms with Gasteiger partial charge in [-0.25, -0.2) is 4.39 Å². The van der Waals surface area contributed by atoms with Gasteiger partial charge in [-0.2, -0.15) is 0 Å². The van der Waals surface area contributed by atoms with Crippen molar-refractivity contribution in [3.05, 3.63) is 83.7 Å². The van der Waals surface area contributed by atoms with Crippen LogP contribution in [0.2, 0.25) is 0 Å². The average molecular weight is 393 g/mol. The summed E-state index contributed by atoms with van der Waals surface area (Å²) in [6.45, 7) is 0.684. The van der Waals surface area contributed by atoms with Crippen molar-refractivity contribution in [3.63, 3.8) is 0 Å². The van der Waals surface area contributed by atoms with Crippen molar-refractivity contribution >= 4 is 5.91 Å². The maximum Gasteiger partial charge on any atom is 0.231 e. The molecule has 29 heavy (non-hydrogen) atoms. The molecule has 1 aliphatic heterocycles. The average Bonchev–Trinajstić information content (AvgIpc) is 3.21. The second-order valence-electron chi connectivity index (χ2n) is 6.66. The highest BCUT2D eigenvalue weighted by atomic mass is 19.1. The number of halogens is 1. The Balaban J connectivity index is 1.23. The zero-order valence-electron chi connectivity index (χ0n) is 15.7. The van der Waals surface area contributed by atoms with E-state index in [1.165, 1.54) is 12.1 Å². The Kier molecular flexibility index (Phi) is 5.61. The first kappa shape index (κ1) is 18.8. The van der Waals surface area contributed by atoms with Gasteiger partial charge in [0.2, 0.25) is 12.7 Å². The zero-order chi connectivity index (χ0) is 20.1. The number of ether oxygens (including phenoxy) is 3. The smallest absolute Gasteiger partial charge is 0.231 e. The van der Waals surface area contributed by atoms with Crippen LogP contribution in [0.5, 0.6) is 23.0 Å². The third kappa shape index (κ3) is 5.04. The van der Waals surface area contributed by atoms with Crippen LogP contribution in [0.3, 0.4) is 0 Å². The third-order valence-electron chi connectivity index (χ3n) is 4.54. The monoisotopic (exact) mass is 393 g/mol. The molecule has 0 aliphatic carbocycles. The predicted molar refractivity (Wildman–Crippen MR) is 106 cm³/mol. The number of carbonyl (C=O) groups excluding carboxylic acids is 1. The molecule has 5 nitrogen and oxygen atoms in total. The van der Waals surface area contributed by atoms with Gasteiger partial charge >= 0.3 is 0 Å². The van der Waals surface area contributed by atoms with Gasteiger partial charge in [0.25, 0.3) is 0 Å². The fraction of sp³-hybridized carbons (Fsp3) is 0.174. The number of benzene rings is 3. The fourth-order valence-corrected chi connectivity index (χ4v) is 2.96. The first-order chi connectivity index (χ1) is 14.2. The Bertz CT molecular complexity index is 987. The third-order valence-corrected chi connectivity index (χ3v) is 4.54. The van der Waals surface area contributed by atoms with Gasteiger partial charge in [-0.3, -0.25) is 4.79 Å². The largest absolute Gasteiger partial charge is 0.457 e. The van der Waals surface area contributed by atoms with E-state index in [9.17, 15) is 9.18 Å². The van der Waals surface area contributed by atoms with E-state index in [0.29, 0.717) is 30.9 Å². The van der Waals surface area contributed by atoms with Crippen molar-refractivity contribution < 1.29 is 23.4 Å². The highest BCUT2D eigenvalue weighted by Crippen LogP contribution is 2.32. The summed E-state index contributed by atoms with van der Waals surface area (Å²) < 4.78 is 29.2. The number of carbonyl (C=O) groups is 1. The molecule has 1 aliphatic rings. The summed E-state index contributed by atoms with van der Waals surface area (Å²) in [4.78, 5) is 12.1. The Labute approximate surface area is 168 Å². The van der Waals surface area contributed by atoms with Gasteiger partial charge in [0.15, 0.2) is 11.5 Å². The van der Waals surface area contributed by atoms with Gasteiger partial charge in [0, 0.05) is 13.0 Å². The normalized spacial score (nSPS) is 11.9. The van der Waals surface area contributed by atoms with Gasteiger partial charge in [0.1, 0.15) is 17.3 Å². The molecule has 1 N–H and O–H groups in total. The lowest BCUT2D eigenvalue weighted by Crippen LogP contribution is -2.22. The zero-order valence-corrected chi connectivity index (χ0v) is 15.7. The van der Waals surface area contributed by atoms with Crippen LogP contribution in [-0.4, -0.2) is 12.7 Å². The summed E-state index contributed by atoms with van der Waals surface area (Å²) in [5.41, 5.74) is 2.00. The van der Waals surface area contributed by atoms with Gasteiger partial charge in [-0.1, -0.05) is 18.2 Å². The summed E-state index contributed by atoms with van der Waals surface area (Å²) >= 11 is 0. The topological polar surface area (TPSA) is 56.8 Å². The van der Waals surface area contributed by atoms with Gasteiger partial charge in [-0.15, -0.1) is 0 Å². The molecule has 0 saturated heterocycles. The number of aryl methyl sites for hydroxylation is 1. The number of hydrogen-bond donors (Lipinski definition) is 1. The molecule has 0 aromatic heterocycles. The highest BCUT2D eigenvalue weighted by molar-refractivity contribution is 5.76. The van der Waals surface area contributed by atoms with Crippen molar-refractivity contribution in [1.29, 1.82) is 0 Å². The number of nitrogens with one attached hydrogen (secondary N) is 1. The van der Waals surface area contributed by atoms with E-state index in [1.807, 2.05) is 42.5 Å². The summed E-state index contributed by atoms with van der Waals surface area (Å²) in [7, 11) is 0. The highest BCUT2D eigenvalue weighted by Gasteiger charge is 2.13. The van der Waals surface area contributed by atoms with E-state index in [4.69, 9.17) is 14.2 Å². The van der Waals surface area contributed by atoms with Crippen LogP contribution in [0.15, 0.2) is 66.7 Å². The Hall–Kier alpha value is -3.54. The van der Waals surface area contributed by atoms with Crippen molar-refractivity contribution in [3.8, 4) is 23.0 Å². The molecule has 0 unspecified atom stereocenters. The second kappa shape index (κ2) is 8.65. The standard InChI is InChI=1S/C23H20FNO4/c24-18-5-9-20(10-6-18)29-19-7-1-17(2-8-19)14-25-23(26)12-4-16-3-11-21-22(13-16)28-15-27-21/h1-3,5-11,13H,4,12,14-15H2,(H,25,26). The number of hydrogen-bond acceptors (Lipinski definition) is 4. The molecular weight excluding hydrogens is 373 g/mol. The van der Waals surface area contributed by atoms with Crippen molar-refractivity contribution in [2.75, 3.05) is 6.79 Å². The lowest BCUT2D eigenvalue weighted by molar-refractivity contribution is -0.121. The predicted octanol–water partition coefficient (Wildman–Crippen LogP) is 4.60. The Morgan fingerprint density at radius 1 is 0.897 bits per heavy atom. The Morgan fingerprint density at radius 3 is 2.31 bits per heavy atom. The quantitative estimate of drug-likeness (QED) is 0.638. The van der Waals surface area contributed by atoms with Crippen molar-refractivity contribution in [2.45, 2.75) is 19.4 Å². The first-order valence-electron chi connectivity index (χ1n) is 9.33. The minimum atomic E-state index is -0.304. The van der Waals surface area contributed by atoms with E-state index in [1.54, 1.807) is 12.1 Å². The van der Waals surface area contributed by atoms with Gasteiger partial charge < -0.3 is 19.5 Å². The molecule has 6 heteroatoms. The van der Waals surface area contributed by atoms with E-state index < -0.39 is 0 Å². The van der Waals surface area contributed by atoms with Crippen LogP contribution in [0.25, 0.3) is 0 Å². The van der Waals surface area contributed by atoms with E-state index in [0.717, 1.165) is 22.6 Å². The lowest BCUT2D eigenvalue weighted by Gasteiger charge is -2.08. The molecule has 0 saturated carbocycles. The maximum absolute atomic E-state index is 12.9. The molecule has 0 spiro atoms.